The summed E-state index contributed by atoms with van der Waals surface area (Å²) >= 11 is 12.5. The van der Waals surface area contributed by atoms with Crippen molar-refractivity contribution in [2.75, 3.05) is 0 Å². The first-order valence-electron chi connectivity index (χ1n) is 11.3. The topological polar surface area (TPSA) is 0 Å². The largest absolute Gasteiger partial charge is 0.135 e. The van der Waals surface area contributed by atoms with E-state index in [4.69, 9.17) is 11.6 Å². The molecule has 34 heavy (non-hydrogen) atoms. The summed E-state index contributed by atoms with van der Waals surface area (Å²) in [4.78, 5) is 0. The predicted octanol–water partition coefficient (Wildman–Crippen LogP) is 9.81. The fraction of sp³-hybridized carbons (Fsp3) is 0.0323. The number of thiophene rings is 1. The Balaban J connectivity index is 1.63. The van der Waals surface area contributed by atoms with Crippen molar-refractivity contribution in [3.8, 4) is 22.3 Å². The maximum atomic E-state index is 6.69. The van der Waals surface area contributed by atoms with Gasteiger partial charge in [-0.15, -0.1) is 11.3 Å². The molecule has 0 nitrogen and oxygen atoms in total. The fourth-order valence-corrected chi connectivity index (χ4v) is 8.44. The molecule has 0 saturated carbocycles. The maximum Gasteiger partial charge on any atom is 0.0726 e. The first kappa shape index (κ1) is 19.4. The molecule has 3 heteroatoms. The summed E-state index contributed by atoms with van der Waals surface area (Å²) in [5.41, 5.74) is 10.1. The van der Waals surface area contributed by atoms with Gasteiger partial charge in [0.1, 0.15) is 0 Å². The van der Waals surface area contributed by atoms with E-state index in [0.717, 1.165) is 9.50 Å². The quantitative estimate of drug-likeness (QED) is 0.181. The van der Waals surface area contributed by atoms with Crippen molar-refractivity contribution < 1.29 is 0 Å². The van der Waals surface area contributed by atoms with Gasteiger partial charge in [0.15, 0.2) is 0 Å². The van der Waals surface area contributed by atoms with Crippen LogP contribution < -0.4 is 0 Å². The fourth-order valence-electron chi connectivity index (χ4n) is 6.42. The number of fused-ring (bicyclic) bond motifs is 14. The van der Waals surface area contributed by atoms with Gasteiger partial charge in [0, 0.05) is 40.8 Å². The van der Waals surface area contributed by atoms with Crippen LogP contribution in [0.3, 0.4) is 0 Å². The summed E-state index contributed by atoms with van der Waals surface area (Å²) in [7, 11) is 0. The van der Waals surface area contributed by atoms with E-state index in [-0.39, 0.29) is 5.41 Å². The van der Waals surface area contributed by atoms with Gasteiger partial charge < -0.3 is 0 Å². The molecule has 0 N–H and O–H groups in total. The Morgan fingerprint density at radius 3 is 2.32 bits per heavy atom. The molecule has 1 atom stereocenters. The van der Waals surface area contributed by atoms with Crippen LogP contribution >= 0.6 is 38.9 Å². The second-order valence-electron chi connectivity index (χ2n) is 9.11. The molecule has 160 valence electrons. The SMILES string of the molecule is Clc1ccc2c(c1)C1(c3ccccc3-c3c(Br)cccc31)c1ccc3c(sc4ccccc43)c1-2. The van der Waals surface area contributed by atoms with Gasteiger partial charge in [-0.05, 0) is 57.6 Å². The van der Waals surface area contributed by atoms with Crippen molar-refractivity contribution in [2.45, 2.75) is 5.41 Å². The highest BCUT2D eigenvalue weighted by Gasteiger charge is 2.52. The third-order valence-electron chi connectivity index (χ3n) is 7.62. The Hall–Kier alpha value is -2.91. The molecule has 2 aliphatic rings. The molecule has 6 aromatic rings. The lowest BCUT2D eigenvalue weighted by Crippen LogP contribution is -2.25. The van der Waals surface area contributed by atoms with Crippen molar-refractivity contribution >= 4 is 59.0 Å². The molecular weight excluding hydrogens is 520 g/mol. The Morgan fingerprint density at radius 2 is 1.38 bits per heavy atom. The zero-order valence-corrected chi connectivity index (χ0v) is 21.1. The average molecular weight is 536 g/mol. The number of hydrogen-bond acceptors (Lipinski definition) is 1. The normalized spacial score (nSPS) is 17.2. The molecular formula is C31H16BrClS. The summed E-state index contributed by atoms with van der Waals surface area (Å²) in [6.45, 7) is 0. The van der Waals surface area contributed by atoms with E-state index in [0.29, 0.717) is 0 Å². The van der Waals surface area contributed by atoms with Gasteiger partial charge in [0.2, 0.25) is 0 Å². The second-order valence-corrected chi connectivity index (χ2v) is 11.5. The molecule has 0 saturated heterocycles. The Labute approximate surface area is 214 Å². The standard InChI is InChI=1S/C31H16BrClS/c32-26-10-5-9-23-28(26)20-7-1-3-8-22(20)31(23)24-15-14-19-18-6-2-4-11-27(18)34-30(19)29(24)21-13-12-17(33)16-25(21)31/h1-16H. The van der Waals surface area contributed by atoms with E-state index in [1.165, 1.54) is 64.7 Å². The van der Waals surface area contributed by atoms with Gasteiger partial charge in [-0.3, -0.25) is 0 Å². The number of benzene rings is 5. The molecule has 1 unspecified atom stereocenters. The minimum atomic E-state index is -0.379. The molecule has 0 radical (unpaired) electrons. The Morgan fingerprint density at radius 1 is 0.618 bits per heavy atom. The Kier molecular flexibility index (Phi) is 3.77. The highest BCUT2D eigenvalue weighted by Crippen LogP contribution is 2.65. The van der Waals surface area contributed by atoms with Gasteiger partial charge >= 0.3 is 0 Å². The molecule has 5 aromatic carbocycles. The van der Waals surface area contributed by atoms with Crippen LogP contribution in [0.2, 0.25) is 5.02 Å². The van der Waals surface area contributed by atoms with Crippen LogP contribution in [0.4, 0.5) is 0 Å². The third-order valence-corrected chi connectivity index (χ3v) is 9.72. The van der Waals surface area contributed by atoms with Crippen molar-refractivity contribution in [3.05, 3.63) is 129 Å². The molecule has 0 amide bonds. The summed E-state index contributed by atoms with van der Waals surface area (Å²) in [5.74, 6) is 0. The first-order chi connectivity index (χ1) is 16.7. The van der Waals surface area contributed by atoms with Crippen LogP contribution in [-0.4, -0.2) is 0 Å². The molecule has 8 rings (SSSR count). The monoisotopic (exact) mass is 534 g/mol. The second kappa shape index (κ2) is 6.60. The van der Waals surface area contributed by atoms with Gasteiger partial charge in [0.25, 0.3) is 0 Å². The van der Waals surface area contributed by atoms with E-state index < -0.39 is 0 Å². The van der Waals surface area contributed by atoms with Crippen molar-refractivity contribution in [3.63, 3.8) is 0 Å². The molecule has 0 aliphatic heterocycles. The van der Waals surface area contributed by atoms with Crippen molar-refractivity contribution in [1.29, 1.82) is 0 Å². The summed E-state index contributed by atoms with van der Waals surface area (Å²) in [6.07, 6.45) is 0. The smallest absolute Gasteiger partial charge is 0.0726 e. The molecule has 1 aromatic heterocycles. The van der Waals surface area contributed by atoms with Crippen LogP contribution in [0, 0.1) is 0 Å². The lowest BCUT2D eigenvalue weighted by Gasteiger charge is -2.30. The summed E-state index contributed by atoms with van der Waals surface area (Å²) < 4.78 is 3.83. The highest BCUT2D eigenvalue weighted by atomic mass is 79.9. The predicted molar refractivity (Wildman–Crippen MR) is 148 cm³/mol. The number of rotatable bonds is 0. The lowest BCUT2D eigenvalue weighted by atomic mass is 9.70. The zero-order chi connectivity index (χ0) is 22.6. The van der Waals surface area contributed by atoms with E-state index in [2.05, 4.69) is 107 Å². The number of halogens is 2. The van der Waals surface area contributed by atoms with Gasteiger partial charge in [0.05, 0.1) is 5.41 Å². The summed E-state index contributed by atoms with van der Waals surface area (Å²) in [5, 5.41) is 3.44. The molecule has 0 fully saturated rings. The van der Waals surface area contributed by atoms with Crippen LogP contribution in [0.25, 0.3) is 42.4 Å². The lowest BCUT2D eigenvalue weighted by molar-refractivity contribution is 0.794. The summed E-state index contributed by atoms with van der Waals surface area (Å²) in [6, 6.07) is 35.4. The van der Waals surface area contributed by atoms with Gasteiger partial charge in [-0.1, -0.05) is 100 Å². The van der Waals surface area contributed by atoms with Crippen LogP contribution in [0.5, 0.6) is 0 Å². The highest BCUT2D eigenvalue weighted by molar-refractivity contribution is 9.10. The molecule has 2 aliphatic carbocycles. The van der Waals surface area contributed by atoms with Gasteiger partial charge in [-0.25, -0.2) is 0 Å². The van der Waals surface area contributed by atoms with Crippen molar-refractivity contribution in [1.82, 2.24) is 0 Å². The molecule has 0 bridgehead atoms. The van der Waals surface area contributed by atoms with E-state index in [1.54, 1.807) is 0 Å². The van der Waals surface area contributed by atoms with Gasteiger partial charge in [-0.2, -0.15) is 0 Å². The molecule has 1 heterocycles. The van der Waals surface area contributed by atoms with Crippen LogP contribution in [0.1, 0.15) is 22.3 Å². The Bertz CT molecular complexity index is 1850. The third kappa shape index (κ3) is 2.16. The molecule has 1 spiro atoms. The van der Waals surface area contributed by atoms with E-state index >= 15 is 0 Å². The van der Waals surface area contributed by atoms with Crippen LogP contribution in [0.15, 0.2) is 102 Å². The maximum absolute atomic E-state index is 6.69. The minimum absolute atomic E-state index is 0.379. The first-order valence-corrected chi connectivity index (χ1v) is 13.3. The number of hydrogen-bond donors (Lipinski definition) is 0. The van der Waals surface area contributed by atoms with E-state index in [9.17, 15) is 0 Å². The van der Waals surface area contributed by atoms with E-state index in [1.807, 2.05) is 17.4 Å². The van der Waals surface area contributed by atoms with Crippen LogP contribution in [-0.2, 0) is 5.41 Å². The average Bonchev–Trinajstić information content (AvgIpc) is 3.48. The van der Waals surface area contributed by atoms with Crippen molar-refractivity contribution in [2.24, 2.45) is 0 Å². The minimum Gasteiger partial charge on any atom is -0.135 e. The zero-order valence-electron chi connectivity index (χ0n) is 17.9.